The van der Waals surface area contributed by atoms with Gasteiger partial charge in [-0.05, 0) is 17.7 Å². The van der Waals surface area contributed by atoms with Crippen molar-refractivity contribution in [2.24, 2.45) is 11.5 Å². The second-order valence-electron chi connectivity index (χ2n) is 2.86. The summed E-state index contributed by atoms with van der Waals surface area (Å²) in [6.07, 6.45) is 0. The van der Waals surface area contributed by atoms with E-state index >= 15 is 0 Å². The van der Waals surface area contributed by atoms with Crippen LogP contribution in [0.3, 0.4) is 0 Å². The molecule has 0 aromatic heterocycles. The van der Waals surface area contributed by atoms with Crippen LogP contribution < -0.4 is 11.5 Å². The summed E-state index contributed by atoms with van der Waals surface area (Å²) < 4.78 is 0. The molecule has 5 nitrogen and oxygen atoms in total. The predicted octanol–water partition coefficient (Wildman–Crippen LogP) is 0.00780. The largest absolute Gasteiger partial charge is 0.507 e. The third-order valence-corrected chi connectivity index (χ3v) is 1.93. The van der Waals surface area contributed by atoms with Crippen LogP contribution in [0.4, 0.5) is 0 Å². The molecule has 6 N–H and O–H groups in total. The Kier molecular flexibility index (Phi) is 3.06. The van der Waals surface area contributed by atoms with Crippen LogP contribution in [0.15, 0.2) is 12.1 Å². The number of rotatable bonds is 3. The minimum atomic E-state index is -1.19. The lowest BCUT2D eigenvalue weighted by molar-refractivity contribution is 0.0693. The van der Waals surface area contributed by atoms with Gasteiger partial charge in [-0.25, -0.2) is 4.79 Å². The molecule has 0 saturated heterocycles. The van der Waals surface area contributed by atoms with Crippen molar-refractivity contribution in [3.05, 3.63) is 28.8 Å². The van der Waals surface area contributed by atoms with Crippen molar-refractivity contribution in [2.75, 3.05) is 0 Å². The third kappa shape index (κ3) is 1.84. The van der Waals surface area contributed by atoms with Gasteiger partial charge in [-0.1, -0.05) is 0 Å². The molecule has 0 heterocycles. The zero-order valence-corrected chi connectivity index (χ0v) is 7.53. The van der Waals surface area contributed by atoms with Crippen molar-refractivity contribution >= 4 is 5.97 Å². The number of nitrogens with two attached hydrogens (primary N) is 2. The maximum Gasteiger partial charge on any atom is 0.339 e. The number of hydrogen-bond donors (Lipinski definition) is 4. The van der Waals surface area contributed by atoms with Crippen LogP contribution in [0, 0.1) is 0 Å². The number of hydrogen-bond acceptors (Lipinski definition) is 4. The van der Waals surface area contributed by atoms with E-state index in [4.69, 9.17) is 16.6 Å². The number of aromatic hydroxyl groups is 1. The molecule has 0 aliphatic rings. The third-order valence-electron chi connectivity index (χ3n) is 1.93. The van der Waals surface area contributed by atoms with Gasteiger partial charge in [-0.3, -0.25) is 0 Å². The fourth-order valence-corrected chi connectivity index (χ4v) is 1.20. The minimum absolute atomic E-state index is 0.0833. The van der Waals surface area contributed by atoms with Gasteiger partial charge in [0.1, 0.15) is 11.3 Å². The molecule has 0 aliphatic carbocycles. The molecule has 0 amide bonds. The zero-order chi connectivity index (χ0) is 10.7. The van der Waals surface area contributed by atoms with Crippen molar-refractivity contribution in [3.63, 3.8) is 0 Å². The first-order chi connectivity index (χ1) is 6.60. The summed E-state index contributed by atoms with van der Waals surface area (Å²) in [6.45, 7) is 0.299. The van der Waals surface area contributed by atoms with Gasteiger partial charge in [0.05, 0.1) is 0 Å². The molecule has 0 spiro atoms. The minimum Gasteiger partial charge on any atom is -0.507 e. The molecule has 14 heavy (non-hydrogen) atoms. The first kappa shape index (κ1) is 10.5. The van der Waals surface area contributed by atoms with E-state index in [-0.39, 0.29) is 24.4 Å². The number of benzene rings is 1. The number of carbonyl (C=O) groups is 1. The monoisotopic (exact) mass is 196 g/mol. The van der Waals surface area contributed by atoms with E-state index in [1.54, 1.807) is 6.07 Å². The van der Waals surface area contributed by atoms with Crippen LogP contribution in [0.5, 0.6) is 5.75 Å². The highest BCUT2D eigenvalue weighted by Crippen LogP contribution is 2.24. The van der Waals surface area contributed by atoms with Gasteiger partial charge in [0, 0.05) is 18.7 Å². The summed E-state index contributed by atoms with van der Waals surface area (Å²) in [5, 5.41) is 18.2. The number of phenols is 1. The smallest absolute Gasteiger partial charge is 0.339 e. The van der Waals surface area contributed by atoms with E-state index in [1.807, 2.05) is 0 Å². The molecule has 1 rings (SSSR count). The van der Waals surface area contributed by atoms with Crippen LogP contribution in [-0.2, 0) is 13.1 Å². The molecule has 0 saturated carbocycles. The fourth-order valence-electron chi connectivity index (χ4n) is 1.20. The lowest BCUT2D eigenvalue weighted by Gasteiger charge is -2.07. The second-order valence-corrected chi connectivity index (χ2v) is 2.86. The molecule has 0 fully saturated rings. The first-order valence-electron chi connectivity index (χ1n) is 4.08. The van der Waals surface area contributed by atoms with E-state index < -0.39 is 5.97 Å². The molecule has 0 unspecified atom stereocenters. The lowest BCUT2D eigenvalue weighted by atomic mass is 10.0. The van der Waals surface area contributed by atoms with Gasteiger partial charge in [-0.2, -0.15) is 0 Å². The predicted molar refractivity (Wildman–Crippen MR) is 50.8 cm³/mol. The highest BCUT2D eigenvalue weighted by molar-refractivity contribution is 5.91. The van der Waals surface area contributed by atoms with E-state index in [0.29, 0.717) is 11.1 Å². The Balaban J connectivity index is 3.34. The Hall–Kier alpha value is -1.59. The maximum atomic E-state index is 10.7. The van der Waals surface area contributed by atoms with E-state index in [9.17, 15) is 9.90 Å². The second kappa shape index (κ2) is 4.08. The van der Waals surface area contributed by atoms with Gasteiger partial charge in [0.15, 0.2) is 0 Å². The van der Waals surface area contributed by atoms with Gasteiger partial charge in [0.2, 0.25) is 0 Å². The first-order valence-corrected chi connectivity index (χ1v) is 4.08. The maximum absolute atomic E-state index is 10.7. The zero-order valence-electron chi connectivity index (χ0n) is 7.53. The quantitative estimate of drug-likeness (QED) is 0.544. The summed E-state index contributed by atoms with van der Waals surface area (Å²) >= 11 is 0. The van der Waals surface area contributed by atoms with Crippen LogP contribution >= 0.6 is 0 Å². The molecule has 0 bridgehead atoms. The summed E-state index contributed by atoms with van der Waals surface area (Å²) in [5.41, 5.74) is 11.6. The normalized spacial score (nSPS) is 10.1. The van der Waals surface area contributed by atoms with Crippen molar-refractivity contribution in [1.82, 2.24) is 0 Å². The Morgan fingerprint density at radius 2 is 1.93 bits per heavy atom. The van der Waals surface area contributed by atoms with Gasteiger partial charge < -0.3 is 21.7 Å². The average Bonchev–Trinajstić information content (AvgIpc) is 2.17. The van der Waals surface area contributed by atoms with Crippen LogP contribution in [-0.4, -0.2) is 16.2 Å². The number of carboxylic acid groups (broad SMARTS) is 1. The molecule has 1 aromatic carbocycles. The topological polar surface area (TPSA) is 110 Å². The summed E-state index contributed by atoms with van der Waals surface area (Å²) in [6, 6.07) is 2.94. The van der Waals surface area contributed by atoms with E-state index in [2.05, 4.69) is 0 Å². The van der Waals surface area contributed by atoms with Crippen molar-refractivity contribution in [3.8, 4) is 5.75 Å². The molecular formula is C9H12N2O3. The Morgan fingerprint density at radius 3 is 2.36 bits per heavy atom. The van der Waals surface area contributed by atoms with E-state index in [1.165, 1.54) is 6.07 Å². The van der Waals surface area contributed by atoms with Gasteiger partial charge in [0.25, 0.3) is 0 Å². The van der Waals surface area contributed by atoms with Crippen molar-refractivity contribution in [1.29, 1.82) is 0 Å². The number of carboxylic acids is 1. The Labute approximate surface area is 81.0 Å². The molecule has 5 heteroatoms. The van der Waals surface area contributed by atoms with Crippen molar-refractivity contribution in [2.45, 2.75) is 13.1 Å². The standard InChI is InChI=1S/C9H12N2O3/c10-3-5-1-6(4-11)8(12)7(2-5)9(13)14/h1-2,12H,3-4,10-11H2,(H,13,14). The molecule has 0 atom stereocenters. The summed E-state index contributed by atoms with van der Waals surface area (Å²) in [4.78, 5) is 10.7. The Morgan fingerprint density at radius 1 is 1.29 bits per heavy atom. The molecule has 0 aliphatic heterocycles. The molecule has 0 radical (unpaired) electrons. The van der Waals surface area contributed by atoms with Crippen molar-refractivity contribution < 1.29 is 15.0 Å². The summed E-state index contributed by atoms with van der Waals surface area (Å²) in [7, 11) is 0. The highest BCUT2D eigenvalue weighted by atomic mass is 16.4. The van der Waals surface area contributed by atoms with E-state index in [0.717, 1.165) is 0 Å². The Bertz CT molecular complexity index is 363. The molecular weight excluding hydrogens is 184 g/mol. The van der Waals surface area contributed by atoms with Crippen LogP contribution in [0.1, 0.15) is 21.5 Å². The van der Waals surface area contributed by atoms with Crippen LogP contribution in [0.25, 0.3) is 0 Å². The van der Waals surface area contributed by atoms with Gasteiger partial charge in [-0.15, -0.1) is 0 Å². The van der Waals surface area contributed by atoms with Gasteiger partial charge >= 0.3 is 5.97 Å². The SMILES string of the molecule is NCc1cc(CN)c(O)c(C(=O)O)c1. The summed E-state index contributed by atoms with van der Waals surface area (Å²) in [5.74, 6) is -1.47. The fraction of sp³-hybridized carbons (Fsp3) is 0.222. The highest BCUT2D eigenvalue weighted by Gasteiger charge is 2.13. The average molecular weight is 196 g/mol. The molecule has 76 valence electrons. The lowest BCUT2D eigenvalue weighted by Crippen LogP contribution is -2.06. The number of aromatic carboxylic acids is 1. The molecule has 1 aromatic rings. The van der Waals surface area contributed by atoms with Crippen LogP contribution in [0.2, 0.25) is 0 Å².